The fourth-order valence-electron chi connectivity index (χ4n) is 4.15. The zero-order valence-corrected chi connectivity index (χ0v) is 16.5. The number of halogens is 2. The van der Waals surface area contributed by atoms with Gasteiger partial charge in [0.25, 0.3) is 0 Å². The number of fused-ring (bicyclic) bond motifs is 2. The molecule has 2 aliphatic heterocycles. The summed E-state index contributed by atoms with van der Waals surface area (Å²) >= 11 is 0. The third kappa shape index (κ3) is 4.70. The predicted octanol–water partition coefficient (Wildman–Crippen LogP) is 2.40. The number of aliphatic hydroxyl groups is 1. The highest BCUT2D eigenvalue weighted by Crippen LogP contribution is 2.31. The van der Waals surface area contributed by atoms with Crippen LogP contribution in [-0.2, 0) is 12.8 Å². The Labute approximate surface area is 169 Å². The molecule has 2 aromatic carbocycles. The van der Waals surface area contributed by atoms with E-state index < -0.39 is 6.10 Å². The molecule has 0 bridgehead atoms. The molecular weight excluding hydrogens is 376 g/mol. The minimum Gasteiger partial charge on any atom is -0.490 e. The third-order valence-corrected chi connectivity index (χ3v) is 5.88. The first-order valence-electron chi connectivity index (χ1n) is 10.3. The summed E-state index contributed by atoms with van der Waals surface area (Å²) in [6.07, 6.45) is 2.13. The van der Waals surface area contributed by atoms with Gasteiger partial charge in [0.05, 0.1) is 0 Å². The van der Waals surface area contributed by atoms with Gasteiger partial charge in [-0.25, -0.2) is 8.78 Å². The molecule has 2 aromatic rings. The fourth-order valence-corrected chi connectivity index (χ4v) is 4.15. The zero-order valence-electron chi connectivity index (χ0n) is 16.5. The van der Waals surface area contributed by atoms with Gasteiger partial charge in [0.15, 0.2) is 0 Å². The van der Waals surface area contributed by atoms with Crippen molar-refractivity contribution in [3.8, 4) is 11.5 Å². The summed E-state index contributed by atoms with van der Waals surface area (Å²) < 4.78 is 38.5. The third-order valence-electron chi connectivity index (χ3n) is 5.88. The normalized spacial score (nSPS) is 22.6. The minimum atomic E-state index is -0.642. The number of aliphatic hydroxyl groups excluding tert-OH is 1. The van der Waals surface area contributed by atoms with Gasteiger partial charge in [-0.15, -0.1) is 0 Å². The molecule has 0 amide bonds. The van der Waals surface area contributed by atoms with Crippen LogP contribution in [0.2, 0.25) is 0 Å². The van der Waals surface area contributed by atoms with Crippen molar-refractivity contribution in [1.82, 2.24) is 0 Å². The first-order chi connectivity index (χ1) is 14.0. The highest BCUT2D eigenvalue weighted by atomic mass is 19.1. The number of rotatable bonds is 6. The molecule has 1 unspecified atom stereocenters. The monoisotopic (exact) mass is 403 g/mol. The number of nitrogens with one attached hydrogen (secondary N) is 1. The number of benzene rings is 2. The molecule has 4 atom stereocenters. The van der Waals surface area contributed by atoms with E-state index in [1.165, 1.54) is 18.2 Å². The first-order valence-corrected chi connectivity index (χ1v) is 10.3. The molecule has 1 radical (unpaired) electrons. The van der Waals surface area contributed by atoms with Gasteiger partial charge < -0.3 is 14.6 Å². The van der Waals surface area contributed by atoms with Gasteiger partial charge in [-0.1, -0.05) is 6.92 Å². The molecule has 155 valence electrons. The smallest absolute Gasteiger partial charge is 0.150 e. The van der Waals surface area contributed by atoms with Gasteiger partial charge in [-0.2, -0.15) is 5.32 Å². The second kappa shape index (κ2) is 8.67. The van der Waals surface area contributed by atoms with Crippen molar-refractivity contribution in [2.24, 2.45) is 5.92 Å². The molecule has 0 spiro atoms. The predicted molar refractivity (Wildman–Crippen MR) is 104 cm³/mol. The summed E-state index contributed by atoms with van der Waals surface area (Å²) in [5.41, 5.74) is 1.77. The van der Waals surface area contributed by atoms with E-state index in [-0.39, 0.29) is 29.8 Å². The Morgan fingerprint density at radius 1 is 0.931 bits per heavy atom. The van der Waals surface area contributed by atoms with Gasteiger partial charge >= 0.3 is 0 Å². The second-order valence-electron chi connectivity index (χ2n) is 8.10. The number of hydrogen-bond donors (Lipinski definition) is 2. The van der Waals surface area contributed by atoms with Crippen molar-refractivity contribution in [3.63, 3.8) is 0 Å². The molecule has 0 aromatic heterocycles. The molecule has 4 rings (SSSR count). The van der Waals surface area contributed by atoms with E-state index in [4.69, 9.17) is 9.47 Å². The Balaban J connectivity index is 1.24. The molecular formula is C23H27F2NO3+. The van der Waals surface area contributed by atoms with Crippen LogP contribution in [0.15, 0.2) is 36.4 Å². The lowest BCUT2D eigenvalue weighted by atomic mass is 9.94. The molecule has 6 heteroatoms. The van der Waals surface area contributed by atoms with Crippen LogP contribution < -0.4 is 14.8 Å². The van der Waals surface area contributed by atoms with Crippen molar-refractivity contribution in [2.75, 3.05) is 13.1 Å². The van der Waals surface area contributed by atoms with E-state index in [9.17, 15) is 13.9 Å². The molecule has 29 heavy (non-hydrogen) atoms. The van der Waals surface area contributed by atoms with Crippen molar-refractivity contribution < 1.29 is 28.7 Å². The molecule has 0 aliphatic carbocycles. The summed E-state index contributed by atoms with van der Waals surface area (Å²) in [6, 6.07) is 9.17. The maximum absolute atomic E-state index is 13.3. The molecule has 2 heterocycles. The largest absolute Gasteiger partial charge is 0.490 e. The van der Waals surface area contributed by atoms with Crippen LogP contribution in [0.1, 0.15) is 30.9 Å². The van der Waals surface area contributed by atoms with Crippen LogP contribution in [0.3, 0.4) is 0 Å². The van der Waals surface area contributed by atoms with Gasteiger partial charge in [0.1, 0.15) is 54.5 Å². The van der Waals surface area contributed by atoms with Gasteiger partial charge in [-0.3, -0.25) is 0 Å². The maximum atomic E-state index is 13.3. The highest BCUT2D eigenvalue weighted by Gasteiger charge is 2.30. The molecule has 2 aliphatic rings. The van der Waals surface area contributed by atoms with Gasteiger partial charge in [-0.05, 0) is 73.2 Å². The molecule has 0 saturated carbocycles. The summed E-state index contributed by atoms with van der Waals surface area (Å²) in [5.74, 6) is 1.17. The Bertz CT molecular complexity index is 791. The molecule has 2 N–H and O–H groups in total. The Morgan fingerprint density at radius 2 is 1.48 bits per heavy atom. The highest BCUT2D eigenvalue weighted by molar-refractivity contribution is 5.36. The summed E-state index contributed by atoms with van der Waals surface area (Å²) in [5, 5.41) is 13.8. The summed E-state index contributed by atoms with van der Waals surface area (Å²) in [7, 11) is 0. The number of ether oxygens (including phenoxy) is 2. The van der Waals surface area contributed by atoms with Crippen molar-refractivity contribution >= 4 is 0 Å². The maximum Gasteiger partial charge on any atom is 0.150 e. The van der Waals surface area contributed by atoms with Crippen molar-refractivity contribution in [3.05, 3.63) is 59.2 Å². The summed E-state index contributed by atoms with van der Waals surface area (Å²) in [4.78, 5) is 0. The van der Waals surface area contributed by atoms with Crippen LogP contribution in [0.4, 0.5) is 8.78 Å². The van der Waals surface area contributed by atoms with Gasteiger partial charge in [0, 0.05) is 5.92 Å². The zero-order chi connectivity index (χ0) is 20.4. The molecule has 4 nitrogen and oxygen atoms in total. The van der Waals surface area contributed by atoms with E-state index in [2.05, 4.69) is 12.2 Å². The van der Waals surface area contributed by atoms with Crippen molar-refractivity contribution in [1.29, 1.82) is 0 Å². The van der Waals surface area contributed by atoms with E-state index in [1.54, 1.807) is 18.2 Å². The number of aryl methyl sites for hydroxylation is 2. The van der Waals surface area contributed by atoms with E-state index >= 15 is 0 Å². The quantitative estimate of drug-likeness (QED) is 0.779. The molecule has 0 fully saturated rings. The first kappa shape index (κ1) is 20.1. The van der Waals surface area contributed by atoms with Crippen LogP contribution in [0, 0.1) is 17.6 Å². The lowest BCUT2D eigenvalue weighted by Crippen LogP contribution is -2.88. The Kier molecular flexibility index (Phi) is 6.01. The van der Waals surface area contributed by atoms with E-state index in [1.807, 2.05) is 0 Å². The average molecular weight is 403 g/mol. The minimum absolute atomic E-state index is 0.0605. The van der Waals surface area contributed by atoms with E-state index in [0.717, 1.165) is 29.7 Å². The second-order valence-corrected chi connectivity index (χ2v) is 8.10. The van der Waals surface area contributed by atoms with Crippen LogP contribution in [-0.4, -0.2) is 36.5 Å². The van der Waals surface area contributed by atoms with Crippen LogP contribution in [0.5, 0.6) is 11.5 Å². The summed E-state index contributed by atoms with van der Waals surface area (Å²) in [6.45, 7) is 3.23. The number of hydrogen-bond acceptors (Lipinski definition) is 4. The lowest BCUT2D eigenvalue weighted by molar-refractivity contribution is -0.668. The molecule has 0 saturated heterocycles. The average Bonchev–Trinajstić information content (AvgIpc) is 2.72. The standard InChI is InChI=1S/C23H27F2NO3/c1-14(20-6-2-15-10-17(24)4-8-21(15)28-20)12-26-13-19(27)23-7-3-16-11-18(25)5-9-22(16)29-23/h4-5,8-11,14,19-20,23,26-27H,2-3,6-7,12-13H2,1H3/q+1/t14-,19-,20+,23?/m1/s1. The fraction of sp³-hybridized carbons (Fsp3) is 0.478. The Hall–Kier alpha value is -2.18. The van der Waals surface area contributed by atoms with Crippen LogP contribution in [0.25, 0.3) is 0 Å². The lowest BCUT2D eigenvalue weighted by Gasteiger charge is -2.30. The Morgan fingerprint density at radius 3 is 2.10 bits per heavy atom. The van der Waals surface area contributed by atoms with Crippen LogP contribution >= 0.6 is 0 Å². The SMILES string of the molecule is C[C@H](C[NH+]C[C@@H](O)C1CCc2cc(F)ccc2O1)[C@@H]1CCc2cc(F)ccc2O1. The van der Waals surface area contributed by atoms with Gasteiger partial charge in [0.2, 0.25) is 0 Å². The van der Waals surface area contributed by atoms with E-state index in [0.29, 0.717) is 31.7 Å². The van der Waals surface area contributed by atoms with Crippen molar-refractivity contribution in [2.45, 2.75) is 50.9 Å². The topological polar surface area (TPSA) is 54.3 Å².